The summed E-state index contributed by atoms with van der Waals surface area (Å²) in [5, 5.41) is 9.28. The van der Waals surface area contributed by atoms with Gasteiger partial charge in [0.05, 0.1) is 0 Å². The number of phenolic OH excluding ortho intramolecular Hbond substituents is 1. The van der Waals surface area contributed by atoms with Crippen molar-refractivity contribution in [1.82, 2.24) is 9.88 Å². The molecular weight excluding hydrogens is 276 g/mol. The third-order valence-electron chi connectivity index (χ3n) is 4.07. The molecule has 1 aromatic heterocycles. The molecule has 0 spiro atoms. The Bertz CT molecular complexity index is 619. The molecule has 4 heteroatoms. The van der Waals surface area contributed by atoms with Gasteiger partial charge < -0.3 is 9.84 Å². The van der Waals surface area contributed by atoms with Gasteiger partial charge in [-0.25, -0.2) is 4.98 Å². The van der Waals surface area contributed by atoms with Gasteiger partial charge in [0.1, 0.15) is 11.5 Å². The number of benzene rings is 1. The van der Waals surface area contributed by atoms with E-state index in [2.05, 4.69) is 16.0 Å². The van der Waals surface area contributed by atoms with Crippen LogP contribution in [0.1, 0.15) is 30.5 Å². The van der Waals surface area contributed by atoms with Gasteiger partial charge in [-0.1, -0.05) is 12.5 Å². The lowest BCUT2D eigenvalue weighted by molar-refractivity contribution is 0.220. The van der Waals surface area contributed by atoms with Crippen molar-refractivity contribution in [2.24, 2.45) is 0 Å². The highest BCUT2D eigenvalue weighted by molar-refractivity contribution is 5.34. The van der Waals surface area contributed by atoms with Crippen molar-refractivity contribution in [3.63, 3.8) is 0 Å². The van der Waals surface area contributed by atoms with Crippen LogP contribution in [0.2, 0.25) is 0 Å². The van der Waals surface area contributed by atoms with Gasteiger partial charge in [0.2, 0.25) is 5.88 Å². The maximum absolute atomic E-state index is 9.28. The lowest BCUT2D eigenvalue weighted by Crippen LogP contribution is -2.29. The molecule has 2 aromatic rings. The van der Waals surface area contributed by atoms with Gasteiger partial charge in [0, 0.05) is 18.3 Å². The summed E-state index contributed by atoms with van der Waals surface area (Å²) in [5.41, 5.74) is 2.28. The number of rotatable bonds is 4. The van der Waals surface area contributed by atoms with Gasteiger partial charge in [-0.3, -0.25) is 4.90 Å². The van der Waals surface area contributed by atoms with Crippen LogP contribution >= 0.6 is 0 Å². The van der Waals surface area contributed by atoms with Crippen LogP contribution in [0.15, 0.2) is 36.4 Å². The molecule has 1 aliphatic rings. The predicted molar refractivity (Wildman–Crippen MR) is 86.3 cm³/mol. The van der Waals surface area contributed by atoms with Gasteiger partial charge in [0.25, 0.3) is 0 Å². The van der Waals surface area contributed by atoms with Gasteiger partial charge in [-0.15, -0.1) is 0 Å². The number of nitrogens with zero attached hydrogens (tertiary/aromatic N) is 2. The van der Waals surface area contributed by atoms with Crippen molar-refractivity contribution in [3.8, 4) is 17.4 Å². The van der Waals surface area contributed by atoms with Gasteiger partial charge in [0.15, 0.2) is 0 Å². The molecular formula is C18H22N2O2. The molecule has 1 N–H and O–H groups in total. The number of aromatic hydroxyl groups is 1. The Morgan fingerprint density at radius 3 is 2.45 bits per heavy atom. The molecule has 4 nitrogen and oxygen atoms in total. The molecule has 0 bridgehead atoms. The van der Waals surface area contributed by atoms with E-state index in [0.29, 0.717) is 11.6 Å². The number of ether oxygens (including phenoxy) is 1. The summed E-state index contributed by atoms with van der Waals surface area (Å²) in [4.78, 5) is 7.04. The lowest BCUT2D eigenvalue weighted by Gasteiger charge is -2.26. The maximum Gasteiger partial charge on any atom is 0.219 e. The van der Waals surface area contributed by atoms with E-state index >= 15 is 0 Å². The van der Waals surface area contributed by atoms with Crippen molar-refractivity contribution < 1.29 is 9.84 Å². The molecule has 3 rings (SSSR count). The first-order chi connectivity index (χ1) is 10.7. The molecule has 116 valence electrons. The van der Waals surface area contributed by atoms with E-state index in [9.17, 15) is 5.11 Å². The molecule has 1 saturated heterocycles. The smallest absolute Gasteiger partial charge is 0.219 e. The molecule has 1 fully saturated rings. The topological polar surface area (TPSA) is 45.6 Å². The number of aryl methyl sites for hydroxylation is 1. The van der Waals surface area contributed by atoms with Crippen LogP contribution in [0, 0.1) is 6.92 Å². The normalized spacial score (nSPS) is 15.7. The Morgan fingerprint density at radius 2 is 1.77 bits per heavy atom. The van der Waals surface area contributed by atoms with Crippen LogP contribution in [0.25, 0.3) is 0 Å². The molecule has 0 atom stereocenters. The fraction of sp³-hybridized carbons (Fsp3) is 0.389. The maximum atomic E-state index is 9.28. The quantitative estimate of drug-likeness (QED) is 0.930. The SMILES string of the molecule is Cc1nc(Oc2ccc(O)cc2)ccc1CN1CCCCC1. The monoisotopic (exact) mass is 298 g/mol. The van der Waals surface area contributed by atoms with Crippen LogP contribution in [-0.4, -0.2) is 28.1 Å². The van der Waals surface area contributed by atoms with E-state index in [0.717, 1.165) is 12.2 Å². The van der Waals surface area contributed by atoms with Crippen molar-refractivity contribution >= 4 is 0 Å². The average molecular weight is 298 g/mol. The van der Waals surface area contributed by atoms with E-state index in [1.165, 1.54) is 37.9 Å². The third-order valence-corrected chi connectivity index (χ3v) is 4.07. The van der Waals surface area contributed by atoms with Crippen molar-refractivity contribution in [2.45, 2.75) is 32.7 Å². The van der Waals surface area contributed by atoms with Crippen LogP contribution in [0.5, 0.6) is 17.4 Å². The second-order valence-electron chi connectivity index (χ2n) is 5.83. The number of piperidine rings is 1. The summed E-state index contributed by atoms with van der Waals surface area (Å²) in [6, 6.07) is 10.7. The van der Waals surface area contributed by atoms with Crippen molar-refractivity contribution in [1.29, 1.82) is 0 Å². The van der Waals surface area contributed by atoms with Crippen LogP contribution in [0.3, 0.4) is 0 Å². The standard InChI is InChI=1S/C18H22N2O2/c1-14-15(13-20-11-3-2-4-12-20)5-10-18(19-14)22-17-8-6-16(21)7-9-17/h5-10,21H,2-4,11-13H2,1H3. The first kappa shape index (κ1) is 14.9. The number of hydrogen-bond donors (Lipinski definition) is 1. The number of hydrogen-bond acceptors (Lipinski definition) is 4. The second-order valence-corrected chi connectivity index (χ2v) is 5.83. The van der Waals surface area contributed by atoms with E-state index in [4.69, 9.17) is 4.74 Å². The minimum absolute atomic E-state index is 0.230. The summed E-state index contributed by atoms with van der Waals surface area (Å²) in [6.45, 7) is 5.37. The summed E-state index contributed by atoms with van der Waals surface area (Å²) in [7, 11) is 0. The molecule has 2 heterocycles. The van der Waals surface area contributed by atoms with Crippen molar-refractivity contribution in [3.05, 3.63) is 47.7 Å². The molecule has 0 radical (unpaired) electrons. The van der Waals surface area contributed by atoms with E-state index in [1.54, 1.807) is 24.3 Å². The number of phenols is 1. The van der Waals surface area contributed by atoms with E-state index in [1.807, 2.05) is 13.0 Å². The highest BCUT2D eigenvalue weighted by Gasteiger charge is 2.12. The van der Waals surface area contributed by atoms with E-state index in [-0.39, 0.29) is 5.75 Å². The first-order valence-electron chi connectivity index (χ1n) is 7.86. The fourth-order valence-electron chi connectivity index (χ4n) is 2.78. The largest absolute Gasteiger partial charge is 0.508 e. The number of pyridine rings is 1. The minimum Gasteiger partial charge on any atom is -0.508 e. The highest BCUT2D eigenvalue weighted by Crippen LogP contribution is 2.23. The fourth-order valence-corrected chi connectivity index (χ4v) is 2.78. The third kappa shape index (κ3) is 3.77. The predicted octanol–water partition coefficient (Wildman–Crippen LogP) is 3.87. The lowest BCUT2D eigenvalue weighted by atomic mass is 10.1. The summed E-state index contributed by atoms with van der Waals surface area (Å²) in [6.07, 6.45) is 3.95. The van der Waals surface area contributed by atoms with Gasteiger partial charge >= 0.3 is 0 Å². The van der Waals surface area contributed by atoms with Gasteiger partial charge in [-0.05, 0) is 62.7 Å². The van der Waals surface area contributed by atoms with E-state index < -0.39 is 0 Å². The zero-order valence-electron chi connectivity index (χ0n) is 13.0. The molecule has 1 aromatic carbocycles. The number of aromatic nitrogens is 1. The Balaban J connectivity index is 1.67. The Labute approximate surface area is 131 Å². The van der Waals surface area contributed by atoms with Crippen molar-refractivity contribution in [2.75, 3.05) is 13.1 Å². The van der Waals surface area contributed by atoms with Crippen LogP contribution in [-0.2, 0) is 6.54 Å². The molecule has 1 aliphatic heterocycles. The van der Waals surface area contributed by atoms with Crippen LogP contribution in [0.4, 0.5) is 0 Å². The molecule has 0 amide bonds. The molecule has 22 heavy (non-hydrogen) atoms. The Morgan fingerprint density at radius 1 is 1.05 bits per heavy atom. The zero-order chi connectivity index (χ0) is 15.4. The molecule has 0 saturated carbocycles. The average Bonchev–Trinajstić information content (AvgIpc) is 2.53. The first-order valence-corrected chi connectivity index (χ1v) is 7.86. The molecule has 0 unspecified atom stereocenters. The minimum atomic E-state index is 0.230. The Hall–Kier alpha value is -2.07. The summed E-state index contributed by atoms with van der Waals surface area (Å²) >= 11 is 0. The molecule has 0 aliphatic carbocycles. The zero-order valence-corrected chi connectivity index (χ0v) is 13.0. The second kappa shape index (κ2) is 6.79. The number of likely N-dealkylation sites (tertiary alicyclic amines) is 1. The summed E-state index contributed by atoms with van der Waals surface area (Å²) in [5.74, 6) is 1.49. The Kier molecular flexibility index (Phi) is 4.59. The summed E-state index contributed by atoms with van der Waals surface area (Å²) < 4.78 is 5.72. The highest BCUT2D eigenvalue weighted by atomic mass is 16.5. The van der Waals surface area contributed by atoms with Gasteiger partial charge in [-0.2, -0.15) is 0 Å². The van der Waals surface area contributed by atoms with Crippen LogP contribution < -0.4 is 4.74 Å².